The normalized spacial score (nSPS) is 15.7. The van der Waals surface area contributed by atoms with Gasteiger partial charge in [-0.25, -0.2) is 4.72 Å². The molecule has 13 heteroatoms. The fraction of sp³-hybridized carbons (Fsp3) is 0.412. The van der Waals surface area contributed by atoms with E-state index in [1.807, 2.05) is 4.72 Å². The number of amides is 1. The maximum absolute atomic E-state index is 12.9. The third-order valence-electron chi connectivity index (χ3n) is 4.31. The second-order valence-corrected chi connectivity index (χ2v) is 8.08. The van der Waals surface area contributed by atoms with Gasteiger partial charge in [-0.1, -0.05) is 6.07 Å². The quantitative estimate of drug-likeness (QED) is 0.621. The van der Waals surface area contributed by atoms with Crippen LogP contribution in [0, 0.1) is 6.92 Å². The van der Waals surface area contributed by atoms with Crippen LogP contribution < -0.4 is 14.8 Å². The molecule has 1 amide bonds. The summed E-state index contributed by atoms with van der Waals surface area (Å²) < 4.78 is 77.2. The van der Waals surface area contributed by atoms with E-state index in [1.54, 1.807) is 6.92 Å². The molecular weight excluding hydrogens is 429 g/mol. The number of rotatable bonds is 6. The Morgan fingerprint density at radius 3 is 2.60 bits per heavy atom. The van der Waals surface area contributed by atoms with E-state index in [9.17, 15) is 26.4 Å². The molecule has 1 saturated heterocycles. The summed E-state index contributed by atoms with van der Waals surface area (Å²) in [6.07, 6.45) is -2.69. The van der Waals surface area contributed by atoms with Gasteiger partial charge in [0.1, 0.15) is 6.26 Å². The van der Waals surface area contributed by atoms with Gasteiger partial charge in [0, 0.05) is 24.9 Å². The monoisotopic (exact) mass is 448 g/mol. The zero-order valence-corrected chi connectivity index (χ0v) is 16.6. The van der Waals surface area contributed by atoms with Crippen LogP contribution in [0.2, 0.25) is 0 Å². The Hall–Kier alpha value is -2.64. The van der Waals surface area contributed by atoms with E-state index < -0.39 is 27.9 Å². The maximum Gasteiger partial charge on any atom is 0.416 e. The van der Waals surface area contributed by atoms with Crippen molar-refractivity contribution in [1.29, 1.82) is 0 Å². The molecule has 1 aromatic heterocycles. The Morgan fingerprint density at radius 2 is 1.93 bits per heavy atom. The first-order valence-electron chi connectivity index (χ1n) is 8.86. The number of hydrogen-bond donors (Lipinski definition) is 3. The minimum Gasteiger partial charge on any atom is -0.431 e. The second kappa shape index (κ2) is 8.62. The van der Waals surface area contributed by atoms with E-state index in [-0.39, 0.29) is 23.4 Å². The predicted molar refractivity (Wildman–Crippen MR) is 99.3 cm³/mol. The summed E-state index contributed by atoms with van der Waals surface area (Å²) in [5.74, 6) is -1.05. The number of alkyl halides is 3. The van der Waals surface area contributed by atoms with Gasteiger partial charge in [0.15, 0.2) is 5.69 Å². The number of oxazole rings is 1. The van der Waals surface area contributed by atoms with Crippen LogP contribution in [0.1, 0.15) is 34.5 Å². The summed E-state index contributed by atoms with van der Waals surface area (Å²) in [6, 6.07) is 2.46. The number of benzene rings is 1. The van der Waals surface area contributed by atoms with Crippen LogP contribution in [0.15, 0.2) is 28.9 Å². The number of anilines is 2. The molecule has 1 aliphatic rings. The number of aromatic nitrogens is 1. The van der Waals surface area contributed by atoms with E-state index in [2.05, 4.69) is 15.0 Å². The number of ether oxygens (including phenoxy) is 1. The molecule has 30 heavy (non-hydrogen) atoms. The van der Waals surface area contributed by atoms with Gasteiger partial charge in [-0.3, -0.25) is 4.79 Å². The highest BCUT2D eigenvalue weighted by Gasteiger charge is 2.31. The van der Waals surface area contributed by atoms with E-state index in [0.717, 1.165) is 18.4 Å². The van der Waals surface area contributed by atoms with Gasteiger partial charge in [-0.15, -0.1) is 0 Å². The highest BCUT2D eigenvalue weighted by Crippen LogP contribution is 2.32. The Labute approximate surface area is 170 Å². The first-order chi connectivity index (χ1) is 14.0. The molecule has 2 aromatic rings. The molecule has 0 aliphatic carbocycles. The number of aryl methyl sites for hydroxylation is 1. The van der Waals surface area contributed by atoms with Gasteiger partial charge < -0.3 is 14.5 Å². The average molecular weight is 448 g/mol. The van der Waals surface area contributed by atoms with Gasteiger partial charge in [0.25, 0.3) is 11.9 Å². The lowest BCUT2D eigenvalue weighted by Crippen LogP contribution is -2.46. The second-order valence-electron chi connectivity index (χ2n) is 6.63. The van der Waals surface area contributed by atoms with Gasteiger partial charge in [-0.05, 0) is 37.5 Å². The summed E-state index contributed by atoms with van der Waals surface area (Å²) >= 11 is 0. The molecule has 164 valence electrons. The number of carbonyl (C=O) groups excluding carboxylic acids is 1. The van der Waals surface area contributed by atoms with Gasteiger partial charge in [0.05, 0.1) is 5.56 Å². The Bertz CT molecular complexity index is 1020. The van der Waals surface area contributed by atoms with Gasteiger partial charge in [0.2, 0.25) is 0 Å². The van der Waals surface area contributed by atoms with Crippen LogP contribution in [-0.2, 0) is 21.1 Å². The maximum atomic E-state index is 12.9. The van der Waals surface area contributed by atoms with Crippen molar-refractivity contribution in [3.63, 3.8) is 0 Å². The predicted octanol–water partition coefficient (Wildman–Crippen LogP) is 2.49. The topological polar surface area (TPSA) is 123 Å². The van der Waals surface area contributed by atoms with E-state index in [0.29, 0.717) is 31.6 Å². The van der Waals surface area contributed by atoms with Crippen LogP contribution in [0.4, 0.5) is 24.9 Å². The number of hydrogen-bond acceptors (Lipinski definition) is 7. The van der Waals surface area contributed by atoms with Crippen LogP contribution in [0.25, 0.3) is 0 Å². The molecule has 0 spiro atoms. The fourth-order valence-corrected chi connectivity index (χ4v) is 3.80. The highest BCUT2D eigenvalue weighted by molar-refractivity contribution is 7.88. The van der Waals surface area contributed by atoms with Crippen LogP contribution in [0.3, 0.4) is 0 Å². The van der Waals surface area contributed by atoms with Crippen molar-refractivity contribution >= 4 is 27.8 Å². The molecule has 1 aromatic carbocycles. The van der Waals surface area contributed by atoms with E-state index in [4.69, 9.17) is 9.15 Å². The van der Waals surface area contributed by atoms with Gasteiger partial charge in [-0.2, -0.15) is 31.3 Å². The molecular formula is C17H19F3N4O5S. The minimum atomic E-state index is -4.53. The number of nitrogens with zero attached hydrogens (tertiary/aromatic N) is 1. The largest absolute Gasteiger partial charge is 0.431 e. The molecule has 1 fully saturated rings. The molecule has 0 atom stereocenters. The zero-order valence-electron chi connectivity index (χ0n) is 15.7. The smallest absolute Gasteiger partial charge is 0.416 e. The average Bonchev–Trinajstić information content (AvgIpc) is 3.11. The fourth-order valence-electron chi connectivity index (χ4n) is 2.72. The molecule has 3 N–H and O–H groups in total. The van der Waals surface area contributed by atoms with Crippen molar-refractivity contribution in [2.24, 2.45) is 0 Å². The molecule has 2 heterocycles. The molecule has 0 bridgehead atoms. The Kier molecular flexibility index (Phi) is 6.33. The van der Waals surface area contributed by atoms with E-state index in [1.165, 1.54) is 6.07 Å². The summed E-state index contributed by atoms with van der Waals surface area (Å²) in [5, 5.41) is 2.55. The SMILES string of the molecule is Cc1ccc(C(F)(F)F)cc1Nc1nc(C(=O)NS(=O)(=O)NC2CCOCC2)co1. The zero-order chi connectivity index (χ0) is 21.9. The summed E-state index contributed by atoms with van der Waals surface area (Å²) in [4.78, 5) is 16.0. The van der Waals surface area contributed by atoms with Crippen LogP contribution in [0.5, 0.6) is 0 Å². The van der Waals surface area contributed by atoms with Crippen molar-refractivity contribution in [1.82, 2.24) is 14.4 Å². The number of halogens is 3. The summed E-state index contributed by atoms with van der Waals surface area (Å²) in [5.41, 5.74) is -0.673. The highest BCUT2D eigenvalue weighted by atomic mass is 32.2. The van der Waals surface area contributed by atoms with Crippen molar-refractivity contribution in [3.05, 3.63) is 41.3 Å². The molecule has 0 saturated carbocycles. The molecule has 3 rings (SSSR count). The summed E-state index contributed by atoms with van der Waals surface area (Å²) in [7, 11) is -4.14. The molecule has 0 unspecified atom stereocenters. The Balaban J connectivity index is 1.66. The lowest BCUT2D eigenvalue weighted by molar-refractivity contribution is -0.137. The lowest BCUT2D eigenvalue weighted by atomic mass is 10.1. The molecule has 0 radical (unpaired) electrons. The summed E-state index contributed by atoms with van der Waals surface area (Å²) in [6.45, 7) is 2.40. The van der Waals surface area contributed by atoms with Crippen LogP contribution >= 0.6 is 0 Å². The third kappa shape index (κ3) is 5.70. The van der Waals surface area contributed by atoms with Gasteiger partial charge >= 0.3 is 16.4 Å². The van der Waals surface area contributed by atoms with Crippen molar-refractivity contribution in [2.75, 3.05) is 18.5 Å². The standard InChI is InChI=1S/C17H19F3N4O5S/c1-10-2-3-11(17(18,19)20)8-13(10)21-16-22-14(9-29-16)15(25)24-30(26,27)23-12-4-6-28-7-5-12/h2-3,8-9,12,23H,4-7H2,1H3,(H,21,22)(H,24,25). The Morgan fingerprint density at radius 1 is 1.23 bits per heavy atom. The van der Waals surface area contributed by atoms with Crippen molar-refractivity contribution in [3.8, 4) is 0 Å². The van der Waals surface area contributed by atoms with Crippen LogP contribution in [-0.4, -0.2) is 38.6 Å². The number of nitrogens with one attached hydrogen (secondary N) is 3. The van der Waals surface area contributed by atoms with Crippen molar-refractivity contribution < 1.29 is 35.5 Å². The minimum absolute atomic E-state index is 0.0763. The van der Waals surface area contributed by atoms with Crippen molar-refractivity contribution in [2.45, 2.75) is 32.0 Å². The van der Waals surface area contributed by atoms with E-state index >= 15 is 0 Å². The third-order valence-corrected chi connectivity index (χ3v) is 5.41. The first kappa shape index (κ1) is 22.1. The lowest BCUT2D eigenvalue weighted by Gasteiger charge is -2.22. The molecule has 1 aliphatic heterocycles. The first-order valence-corrected chi connectivity index (χ1v) is 10.3. The number of carbonyl (C=O) groups is 1. The molecule has 9 nitrogen and oxygen atoms in total.